The van der Waals surface area contributed by atoms with E-state index in [0.29, 0.717) is 5.56 Å². The third-order valence-corrected chi connectivity index (χ3v) is 2.12. The third kappa shape index (κ3) is 1.91. The molecule has 1 atom stereocenters. The first kappa shape index (κ1) is 10.2. The van der Waals surface area contributed by atoms with Gasteiger partial charge in [0.05, 0.1) is 23.4 Å². The van der Waals surface area contributed by atoms with E-state index in [1.54, 1.807) is 0 Å². The maximum absolute atomic E-state index is 13.1. The molecule has 0 aromatic heterocycles. The summed E-state index contributed by atoms with van der Waals surface area (Å²) in [5.41, 5.74) is 11.1. The molecule has 0 heterocycles. The predicted molar refractivity (Wildman–Crippen MR) is 49.8 cm³/mol. The average molecular weight is 205 g/mol. The van der Waals surface area contributed by atoms with Crippen LogP contribution in [0.1, 0.15) is 11.6 Å². The van der Waals surface area contributed by atoms with Crippen LogP contribution in [-0.4, -0.2) is 11.7 Å². The lowest BCUT2D eigenvalue weighted by atomic mass is 10.1. The molecule has 5 N–H and O–H groups in total. The number of hydrogen-bond donors (Lipinski definition) is 3. The average Bonchev–Trinajstić information content (AvgIpc) is 2.13. The topological polar surface area (TPSA) is 72.3 Å². The lowest BCUT2D eigenvalue weighted by Gasteiger charge is -2.11. The predicted octanol–water partition coefficient (Wildman–Crippen LogP) is 1.05. The van der Waals surface area contributed by atoms with Gasteiger partial charge in [0.2, 0.25) is 0 Å². The molecule has 1 rings (SSSR count). The van der Waals surface area contributed by atoms with Crippen molar-refractivity contribution in [1.82, 2.24) is 0 Å². The van der Waals surface area contributed by atoms with E-state index < -0.39 is 11.9 Å². The van der Waals surface area contributed by atoms with Gasteiger partial charge in [-0.25, -0.2) is 4.39 Å². The van der Waals surface area contributed by atoms with E-state index in [2.05, 4.69) is 0 Å². The van der Waals surface area contributed by atoms with Crippen LogP contribution >= 0.6 is 11.6 Å². The number of aliphatic hydroxyl groups excluding tert-OH is 1. The minimum Gasteiger partial charge on any atom is -0.396 e. The maximum atomic E-state index is 13.1. The van der Waals surface area contributed by atoms with Gasteiger partial charge in [0.15, 0.2) is 5.82 Å². The number of rotatable bonds is 2. The molecule has 0 radical (unpaired) electrons. The van der Waals surface area contributed by atoms with Gasteiger partial charge in [-0.05, 0) is 11.6 Å². The maximum Gasteiger partial charge on any atom is 0.164 e. The molecule has 0 aliphatic heterocycles. The summed E-state index contributed by atoms with van der Waals surface area (Å²) in [5.74, 6) is -0.692. The molecule has 72 valence electrons. The Labute approximate surface area is 80.1 Å². The summed E-state index contributed by atoms with van der Waals surface area (Å²) in [6.45, 7) is -0.289. The standard InChI is InChI=1S/C8H10ClFN2O/c9-7-4(6(12)3-13)1-2-5(11)8(7)10/h1-2,6,13H,3,11-12H2/t6-/m1/s1. The Morgan fingerprint density at radius 3 is 2.69 bits per heavy atom. The number of aliphatic hydroxyl groups is 1. The Kier molecular flexibility index (Phi) is 3.08. The van der Waals surface area contributed by atoms with Crippen molar-refractivity contribution in [3.05, 3.63) is 28.5 Å². The second-order valence-corrected chi connectivity index (χ2v) is 3.04. The Morgan fingerprint density at radius 2 is 2.15 bits per heavy atom. The molecule has 0 aliphatic carbocycles. The van der Waals surface area contributed by atoms with Gasteiger partial charge in [0.25, 0.3) is 0 Å². The van der Waals surface area contributed by atoms with Crippen molar-refractivity contribution in [3.63, 3.8) is 0 Å². The van der Waals surface area contributed by atoms with E-state index in [-0.39, 0.29) is 17.3 Å². The van der Waals surface area contributed by atoms with E-state index in [1.807, 2.05) is 0 Å². The Hall–Kier alpha value is -0.840. The molecule has 1 aromatic rings. The van der Waals surface area contributed by atoms with Crippen LogP contribution in [0.15, 0.2) is 12.1 Å². The van der Waals surface area contributed by atoms with Crippen LogP contribution in [0.5, 0.6) is 0 Å². The van der Waals surface area contributed by atoms with Crippen molar-refractivity contribution >= 4 is 17.3 Å². The van der Waals surface area contributed by atoms with Crippen LogP contribution in [0.4, 0.5) is 10.1 Å². The van der Waals surface area contributed by atoms with E-state index in [4.69, 9.17) is 28.2 Å². The molecule has 0 unspecified atom stereocenters. The highest BCUT2D eigenvalue weighted by Gasteiger charge is 2.14. The largest absolute Gasteiger partial charge is 0.396 e. The molecule has 0 bridgehead atoms. The number of nitrogen functional groups attached to an aromatic ring is 1. The van der Waals surface area contributed by atoms with Gasteiger partial charge < -0.3 is 16.6 Å². The summed E-state index contributed by atoms with van der Waals surface area (Å²) in [6, 6.07) is 2.19. The van der Waals surface area contributed by atoms with Crippen LogP contribution in [-0.2, 0) is 0 Å². The van der Waals surface area contributed by atoms with Gasteiger partial charge in [-0.1, -0.05) is 17.7 Å². The highest BCUT2D eigenvalue weighted by Crippen LogP contribution is 2.27. The number of halogens is 2. The lowest BCUT2D eigenvalue weighted by molar-refractivity contribution is 0.268. The zero-order chi connectivity index (χ0) is 10.0. The first-order chi connectivity index (χ1) is 6.07. The van der Waals surface area contributed by atoms with Gasteiger partial charge in [0, 0.05) is 0 Å². The summed E-state index contributed by atoms with van der Waals surface area (Å²) >= 11 is 5.63. The first-order valence-electron chi connectivity index (χ1n) is 3.67. The number of hydrogen-bond acceptors (Lipinski definition) is 3. The van der Waals surface area contributed by atoms with Crippen LogP contribution in [0.25, 0.3) is 0 Å². The fourth-order valence-electron chi connectivity index (χ4n) is 0.964. The van der Waals surface area contributed by atoms with Crippen molar-refractivity contribution in [2.24, 2.45) is 5.73 Å². The van der Waals surface area contributed by atoms with Crippen LogP contribution in [0.3, 0.4) is 0 Å². The smallest absolute Gasteiger partial charge is 0.164 e. The van der Waals surface area contributed by atoms with Gasteiger partial charge in [0.1, 0.15) is 0 Å². The quantitative estimate of drug-likeness (QED) is 0.631. The van der Waals surface area contributed by atoms with Crippen molar-refractivity contribution in [2.75, 3.05) is 12.3 Å². The zero-order valence-corrected chi connectivity index (χ0v) is 7.55. The molecular weight excluding hydrogens is 195 g/mol. The van der Waals surface area contributed by atoms with Crippen LogP contribution in [0, 0.1) is 5.82 Å². The molecule has 0 amide bonds. The summed E-state index contributed by atoms with van der Waals surface area (Å²) in [7, 11) is 0. The van der Waals surface area contributed by atoms with Crippen molar-refractivity contribution in [3.8, 4) is 0 Å². The Balaban J connectivity index is 3.18. The summed E-state index contributed by atoms with van der Waals surface area (Å²) < 4.78 is 13.1. The normalized spacial score (nSPS) is 12.9. The van der Waals surface area contributed by atoms with Crippen LogP contribution in [0.2, 0.25) is 5.02 Å². The molecule has 0 fully saturated rings. The molecule has 13 heavy (non-hydrogen) atoms. The number of anilines is 1. The monoisotopic (exact) mass is 204 g/mol. The third-order valence-electron chi connectivity index (χ3n) is 1.74. The molecule has 0 aliphatic rings. The van der Waals surface area contributed by atoms with Gasteiger partial charge >= 0.3 is 0 Å². The minimum atomic E-state index is -0.692. The lowest BCUT2D eigenvalue weighted by Crippen LogP contribution is -2.15. The molecule has 0 saturated heterocycles. The molecule has 0 spiro atoms. The Bertz CT molecular complexity index is 319. The van der Waals surface area contributed by atoms with Gasteiger partial charge in [-0.3, -0.25) is 0 Å². The second-order valence-electron chi connectivity index (χ2n) is 2.66. The van der Waals surface area contributed by atoms with Crippen molar-refractivity contribution < 1.29 is 9.50 Å². The summed E-state index contributed by atoms with van der Waals surface area (Å²) in [6.07, 6.45) is 0. The Morgan fingerprint density at radius 1 is 1.54 bits per heavy atom. The van der Waals surface area contributed by atoms with Gasteiger partial charge in [-0.15, -0.1) is 0 Å². The second kappa shape index (κ2) is 3.91. The van der Waals surface area contributed by atoms with E-state index in [9.17, 15) is 4.39 Å². The molecule has 1 aromatic carbocycles. The van der Waals surface area contributed by atoms with Crippen LogP contribution < -0.4 is 11.5 Å². The van der Waals surface area contributed by atoms with Crippen molar-refractivity contribution in [1.29, 1.82) is 0 Å². The fraction of sp³-hybridized carbons (Fsp3) is 0.250. The van der Waals surface area contributed by atoms with Crippen molar-refractivity contribution in [2.45, 2.75) is 6.04 Å². The first-order valence-corrected chi connectivity index (χ1v) is 4.05. The molecular formula is C8H10ClFN2O. The molecule has 5 heteroatoms. The van der Waals surface area contributed by atoms with E-state index in [0.717, 1.165) is 0 Å². The fourth-order valence-corrected chi connectivity index (χ4v) is 1.28. The summed E-state index contributed by atoms with van der Waals surface area (Å²) in [4.78, 5) is 0. The minimum absolute atomic E-state index is 0.0288. The summed E-state index contributed by atoms with van der Waals surface area (Å²) in [5, 5.41) is 8.61. The zero-order valence-electron chi connectivity index (χ0n) is 6.80. The molecule has 0 saturated carbocycles. The van der Waals surface area contributed by atoms with Gasteiger partial charge in [-0.2, -0.15) is 0 Å². The highest BCUT2D eigenvalue weighted by atomic mass is 35.5. The number of nitrogens with two attached hydrogens (primary N) is 2. The van der Waals surface area contributed by atoms with E-state index in [1.165, 1.54) is 12.1 Å². The number of benzene rings is 1. The van der Waals surface area contributed by atoms with E-state index >= 15 is 0 Å². The molecule has 3 nitrogen and oxygen atoms in total. The SMILES string of the molecule is Nc1ccc([C@H](N)CO)c(Cl)c1F. The highest BCUT2D eigenvalue weighted by molar-refractivity contribution is 6.31.